The van der Waals surface area contributed by atoms with Crippen molar-refractivity contribution in [2.75, 3.05) is 13.6 Å². The van der Waals surface area contributed by atoms with Crippen molar-refractivity contribution in [2.45, 2.75) is 12.7 Å². The zero-order valence-corrected chi connectivity index (χ0v) is 5.85. The number of ether oxygens (including phenoxy) is 1. The molecule has 11 heavy (non-hydrogen) atoms. The number of hydrogen-bond donors (Lipinski definition) is 1. The molecule has 1 aliphatic heterocycles. The molecule has 65 valence electrons. The minimum atomic E-state index is -4.58. The number of likely N-dealkylation sites (N-methyl/N-ethyl adjacent to an activating group) is 1. The van der Waals surface area contributed by atoms with Crippen LogP contribution in [0, 0.1) is 6.54 Å². The second-order valence-electron chi connectivity index (χ2n) is 2.17. The molecule has 6 heteroatoms. The summed E-state index contributed by atoms with van der Waals surface area (Å²) in [6.07, 6.45) is -5.65. The molecule has 0 spiro atoms. The van der Waals surface area contributed by atoms with Crippen LogP contribution >= 0.6 is 0 Å². The third-order valence-electron chi connectivity index (χ3n) is 1.29. The molecule has 1 aliphatic rings. The molecule has 1 fully saturated rings. The summed E-state index contributed by atoms with van der Waals surface area (Å²) in [5.74, 6) is 0. The lowest BCUT2D eigenvalue weighted by molar-refractivity contribution is -0.357. The van der Waals surface area contributed by atoms with Gasteiger partial charge in [-0.1, -0.05) is 0 Å². The van der Waals surface area contributed by atoms with Crippen LogP contribution in [0.2, 0.25) is 0 Å². The van der Waals surface area contributed by atoms with Gasteiger partial charge in [0.25, 0.3) is 0 Å². The Labute approximate surface area is 62.1 Å². The number of halogens is 3. The second-order valence-corrected chi connectivity index (χ2v) is 2.17. The zero-order chi connectivity index (χ0) is 8.48. The largest absolute Gasteiger partial charge is 0.525 e. The molecule has 1 atom stereocenters. The number of nitrogens with zero attached hydrogens (tertiary/aromatic N) is 1. The molecular weight excluding hydrogens is 161 g/mol. The third-order valence-corrected chi connectivity index (χ3v) is 1.29. The van der Waals surface area contributed by atoms with E-state index < -0.39 is 12.7 Å². The topological polar surface area (TPSA) is 24.5 Å². The molecule has 1 unspecified atom stereocenters. The van der Waals surface area contributed by atoms with Gasteiger partial charge in [0.1, 0.15) is 0 Å². The third kappa shape index (κ3) is 2.64. The first-order valence-corrected chi connectivity index (χ1v) is 3.02. The molecule has 0 amide bonds. The summed E-state index contributed by atoms with van der Waals surface area (Å²) in [7, 11) is 1.51. The zero-order valence-electron chi connectivity index (χ0n) is 5.85. The fourth-order valence-corrected chi connectivity index (χ4v) is 0.789. The standard InChI is InChI=1S/C5H8F3N2O/c1-10-3-2-9-4(10)11-5(6,7)8/h3-4,9H,2H2,1H3. The Morgan fingerprint density at radius 3 is 2.64 bits per heavy atom. The molecule has 3 nitrogen and oxygen atoms in total. The lowest BCUT2D eigenvalue weighted by atomic mass is 10.7. The Hall–Kier alpha value is -0.330. The molecule has 1 rings (SSSR count). The van der Waals surface area contributed by atoms with E-state index in [0.29, 0.717) is 6.54 Å². The predicted molar refractivity (Wildman–Crippen MR) is 31.0 cm³/mol. The molecule has 1 saturated heterocycles. The molecule has 1 N–H and O–H groups in total. The SMILES string of the molecule is CN1[CH]CNC1OC(F)(F)F. The van der Waals surface area contributed by atoms with Crippen molar-refractivity contribution in [2.24, 2.45) is 0 Å². The van der Waals surface area contributed by atoms with Gasteiger partial charge in [-0.2, -0.15) is 0 Å². The number of alkyl halides is 3. The Morgan fingerprint density at radius 1 is 1.64 bits per heavy atom. The summed E-state index contributed by atoms with van der Waals surface area (Å²) < 4.78 is 38.4. The average Bonchev–Trinajstić information content (AvgIpc) is 2.12. The number of rotatable bonds is 1. The molecule has 1 heterocycles. The van der Waals surface area contributed by atoms with Gasteiger partial charge in [0.05, 0.1) is 0 Å². The maximum absolute atomic E-state index is 11.6. The van der Waals surface area contributed by atoms with Crippen molar-refractivity contribution in [1.29, 1.82) is 0 Å². The van der Waals surface area contributed by atoms with Gasteiger partial charge in [0.2, 0.25) is 0 Å². The second kappa shape index (κ2) is 2.96. The smallest absolute Gasteiger partial charge is 0.277 e. The Balaban J connectivity index is 2.37. The summed E-state index contributed by atoms with van der Waals surface area (Å²) in [5, 5.41) is 2.49. The van der Waals surface area contributed by atoms with Crippen molar-refractivity contribution in [3.8, 4) is 0 Å². The number of hydrogen-bond acceptors (Lipinski definition) is 3. The van der Waals surface area contributed by atoms with Gasteiger partial charge in [0.15, 0.2) is 6.35 Å². The van der Waals surface area contributed by atoms with Gasteiger partial charge < -0.3 is 0 Å². The van der Waals surface area contributed by atoms with E-state index in [4.69, 9.17) is 0 Å². The summed E-state index contributed by atoms with van der Waals surface area (Å²) in [4.78, 5) is 1.33. The van der Waals surface area contributed by atoms with E-state index in [0.717, 1.165) is 0 Å². The molecule has 0 aromatic rings. The van der Waals surface area contributed by atoms with E-state index in [2.05, 4.69) is 10.1 Å². The van der Waals surface area contributed by atoms with Crippen molar-refractivity contribution in [3.63, 3.8) is 0 Å². The minimum Gasteiger partial charge on any atom is -0.277 e. The summed E-state index contributed by atoms with van der Waals surface area (Å²) in [6, 6.07) is 0. The average molecular weight is 169 g/mol. The highest BCUT2D eigenvalue weighted by atomic mass is 19.4. The van der Waals surface area contributed by atoms with Gasteiger partial charge in [-0.3, -0.25) is 15.0 Å². The summed E-state index contributed by atoms with van der Waals surface area (Å²) in [5.41, 5.74) is 0. The van der Waals surface area contributed by atoms with E-state index in [1.54, 1.807) is 6.54 Å². The molecular formula is C5H8F3N2O. The van der Waals surface area contributed by atoms with Crippen LogP contribution in [0.4, 0.5) is 13.2 Å². The number of nitrogens with one attached hydrogen (secondary N) is 1. The molecule has 0 aromatic carbocycles. The van der Waals surface area contributed by atoms with Gasteiger partial charge in [-0.05, 0) is 7.05 Å². The highest BCUT2D eigenvalue weighted by Gasteiger charge is 2.36. The van der Waals surface area contributed by atoms with Crippen LogP contribution in [0.15, 0.2) is 0 Å². The first kappa shape index (κ1) is 8.76. The van der Waals surface area contributed by atoms with Crippen LogP contribution < -0.4 is 5.32 Å². The monoisotopic (exact) mass is 169 g/mol. The Kier molecular flexibility index (Phi) is 2.36. The maximum atomic E-state index is 11.6. The van der Waals surface area contributed by atoms with Crippen LogP contribution in [0.3, 0.4) is 0 Å². The van der Waals surface area contributed by atoms with E-state index in [1.807, 2.05) is 0 Å². The molecule has 1 radical (unpaired) electrons. The normalized spacial score (nSPS) is 27.8. The quantitative estimate of drug-likeness (QED) is 0.618. The first-order valence-electron chi connectivity index (χ1n) is 3.02. The van der Waals surface area contributed by atoms with Crippen molar-refractivity contribution in [3.05, 3.63) is 6.54 Å². The molecule has 0 bridgehead atoms. The van der Waals surface area contributed by atoms with Crippen LogP contribution in [0.1, 0.15) is 0 Å². The van der Waals surface area contributed by atoms with E-state index >= 15 is 0 Å². The first-order chi connectivity index (χ1) is 4.99. The van der Waals surface area contributed by atoms with E-state index in [1.165, 1.54) is 11.9 Å². The van der Waals surface area contributed by atoms with Crippen molar-refractivity contribution < 1.29 is 17.9 Å². The van der Waals surface area contributed by atoms with Crippen LogP contribution in [0.25, 0.3) is 0 Å². The van der Waals surface area contributed by atoms with Crippen LogP contribution in [-0.2, 0) is 4.74 Å². The van der Waals surface area contributed by atoms with Gasteiger partial charge in [-0.25, -0.2) is 0 Å². The minimum absolute atomic E-state index is 0.400. The van der Waals surface area contributed by atoms with Gasteiger partial charge in [0, 0.05) is 13.1 Å². The van der Waals surface area contributed by atoms with Gasteiger partial charge >= 0.3 is 6.36 Å². The Morgan fingerprint density at radius 2 is 2.27 bits per heavy atom. The summed E-state index contributed by atoms with van der Waals surface area (Å²) >= 11 is 0. The lowest BCUT2D eigenvalue weighted by Gasteiger charge is -2.20. The van der Waals surface area contributed by atoms with Crippen LogP contribution in [-0.4, -0.2) is 31.2 Å². The Bertz CT molecular complexity index is 138. The highest BCUT2D eigenvalue weighted by Crippen LogP contribution is 2.20. The predicted octanol–water partition coefficient (Wildman–Crippen LogP) is 0.503. The summed E-state index contributed by atoms with van der Waals surface area (Å²) in [6.45, 7) is 1.98. The molecule has 0 aromatic heterocycles. The fraction of sp³-hybridized carbons (Fsp3) is 0.800. The van der Waals surface area contributed by atoms with E-state index in [-0.39, 0.29) is 0 Å². The van der Waals surface area contributed by atoms with Crippen molar-refractivity contribution in [1.82, 2.24) is 10.2 Å². The maximum Gasteiger partial charge on any atom is 0.525 e. The molecule has 0 saturated carbocycles. The van der Waals surface area contributed by atoms with Crippen LogP contribution in [0.5, 0.6) is 0 Å². The molecule has 0 aliphatic carbocycles. The van der Waals surface area contributed by atoms with Gasteiger partial charge in [-0.15, -0.1) is 13.2 Å². The van der Waals surface area contributed by atoms with Crippen molar-refractivity contribution >= 4 is 0 Å². The lowest BCUT2D eigenvalue weighted by Crippen LogP contribution is -2.39. The fourth-order valence-electron chi connectivity index (χ4n) is 0.789. The van der Waals surface area contributed by atoms with E-state index in [9.17, 15) is 13.2 Å². The highest BCUT2D eigenvalue weighted by molar-refractivity contribution is 4.78.